The molecule has 0 saturated heterocycles. The van der Waals surface area contributed by atoms with Gasteiger partial charge in [-0.25, -0.2) is 4.39 Å². The number of nitrogens with zero attached hydrogens (tertiary/aromatic N) is 1. The fourth-order valence-corrected chi connectivity index (χ4v) is 2.62. The second-order valence-electron chi connectivity index (χ2n) is 5.44. The van der Waals surface area contributed by atoms with Crippen molar-refractivity contribution in [2.45, 2.75) is 6.54 Å². The Morgan fingerprint density at radius 1 is 1.04 bits per heavy atom. The zero-order valence-corrected chi connectivity index (χ0v) is 14.7. The Hall–Kier alpha value is -2.73. The molecule has 3 aromatic rings. The Balaban J connectivity index is 1.82. The maximum atomic E-state index is 12.9. The van der Waals surface area contributed by atoms with Gasteiger partial charge in [-0.15, -0.1) is 0 Å². The summed E-state index contributed by atoms with van der Waals surface area (Å²) in [6, 6.07) is 16.1. The van der Waals surface area contributed by atoms with Crippen LogP contribution in [0.1, 0.15) is 15.9 Å². The van der Waals surface area contributed by atoms with Crippen LogP contribution >= 0.6 is 15.9 Å². The van der Waals surface area contributed by atoms with Gasteiger partial charge in [0.25, 0.3) is 11.5 Å². The quantitative estimate of drug-likeness (QED) is 0.717. The van der Waals surface area contributed by atoms with E-state index in [1.807, 2.05) is 24.3 Å². The fourth-order valence-electron chi connectivity index (χ4n) is 2.35. The minimum Gasteiger partial charge on any atom is -0.322 e. The lowest BCUT2D eigenvalue weighted by molar-refractivity contribution is 0.102. The maximum Gasteiger partial charge on any atom is 0.263 e. The summed E-state index contributed by atoms with van der Waals surface area (Å²) >= 11 is 3.37. The van der Waals surface area contributed by atoms with Crippen molar-refractivity contribution < 1.29 is 9.18 Å². The first-order chi connectivity index (χ1) is 12.0. The molecule has 3 rings (SSSR count). The lowest BCUT2D eigenvalue weighted by Crippen LogP contribution is -2.29. The summed E-state index contributed by atoms with van der Waals surface area (Å²) in [5.41, 5.74) is 1.02. The number of rotatable bonds is 4. The second-order valence-corrected chi connectivity index (χ2v) is 6.36. The molecule has 0 bridgehead atoms. The van der Waals surface area contributed by atoms with E-state index in [0.29, 0.717) is 12.2 Å². The average molecular weight is 401 g/mol. The van der Waals surface area contributed by atoms with Crippen molar-refractivity contribution in [3.63, 3.8) is 0 Å². The van der Waals surface area contributed by atoms with Crippen molar-refractivity contribution in [2.75, 3.05) is 5.32 Å². The van der Waals surface area contributed by atoms with E-state index in [2.05, 4.69) is 21.2 Å². The van der Waals surface area contributed by atoms with Crippen LogP contribution in [0, 0.1) is 5.82 Å². The molecule has 1 amide bonds. The van der Waals surface area contributed by atoms with Crippen LogP contribution in [-0.2, 0) is 6.54 Å². The highest BCUT2D eigenvalue weighted by atomic mass is 79.9. The number of benzene rings is 2. The lowest BCUT2D eigenvalue weighted by Gasteiger charge is -2.09. The Bertz CT molecular complexity index is 950. The van der Waals surface area contributed by atoms with Crippen LogP contribution < -0.4 is 10.9 Å². The van der Waals surface area contributed by atoms with Gasteiger partial charge in [0.15, 0.2) is 0 Å². The number of hydrogen-bond donors (Lipinski definition) is 1. The van der Waals surface area contributed by atoms with Crippen LogP contribution in [0.15, 0.2) is 76.1 Å². The highest BCUT2D eigenvalue weighted by molar-refractivity contribution is 9.10. The third kappa shape index (κ3) is 4.22. The molecule has 0 atom stereocenters. The van der Waals surface area contributed by atoms with Crippen molar-refractivity contribution in [3.05, 3.63) is 98.6 Å². The molecule has 0 radical (unpaired) electrons. The molecule has 0 spiro atoms. The zero-order chi connectivity index (χ0) is 17.8. The number of pyridine rings is 1. The number of carbonyl (C=O) groups excluding carboxylic acids is 1. The van der Waals surface area contributed by atoms with Crippen molar-refractivity contribution in [2.24, 2.45) is 0 Å². The number of nitrogens with one attached hydrogen (secondary N) is 1. The summed E-state index contributed by atoms with van der Waals surface area (Å²) in [6.07, 6.45) is 1.64. The third-order valence-corrected chi connectivity index (χ3v) is 4.16. The minimum atomic E-state index is -0.526. The van der Waals surface area contributed by atoms with E-state index in [-0.39, 0.29) is 11.1 Å². The standard InChI is InChI=1S/C19H14BrFN2O2/c20-14-5-3-13(4-6-14)12-23-11-1-2-17(19(23)25)18(24)22-16-9-7-15(21)8-10-16/h1-11H,12H2,(H,22,24). The molecule has 126 valence electrons. The molecule has 0 saturated carbocycles. The van der Waals surface area contributed by atoms with Gasteiger partial charge in [-0.05, 0) is 54.1 Å². The first-order valence-corrected chi connectivity index (χ1v) is 8.33. The maximum absolute atomic E-state index is 12.9. The normalized spacial score (nSPS) is 10.5. The van der Waals surface area contributed by atoms with Gasteiger partial charge < -0.3 is 9.88 Å². The summed E-state index contributed by atoms with van der Waals surface area (Å²) in [6.45, 7) is 0.365. The lowest BCUT2D eigenvalue weighted by atomic mass is 10.2. The molecule has 0 aliphatic heterocycles. The predicted octanol–water partition coefficient (Wildman–Crippen LogP) is 4.05. The second kappa shape index (κ2) is 7.44. The van der Waals surface area contributed by atoms with Crippen molar-refractivity contribution in [1.82, 2.24) is 4.57 Å². The Morgan fingerprint density at radius 3 is 2.40 bits per heavy atom. The fraction of sp³-hybridized carbons (Fsp3) is 0.0526. The molecule has 4 nitrogen and oxygen atoms in total. The van der Waals surface area contributed by atoms with Crippen LogP contribution in [0.2, 0.25) is 0 Å². The molecule has 25 heavy (non-hydrogen) atoms. The number of aromatic nitrogens is 1. The predicted molar refractivity (Wildman–Crippen MR) is 98.3 cm³/mol. The summed E-state index contributed by atoms with van der Waals surface area (Å²) in [4.78, 5) is 24.9. The summed E-state index contributed by atoms with van der Waals surface area (Å²) in [5.74, 6) is -0.920. The van der Waals surface area contributed by atoms with Crippen LogP contribution in [0.4, 0.5) is 10.1 Å². The summed E-state index contributed by atoms with van der Waals surface area (Å²) < 4.78 is 15.4. The van der Waals surface area contributed by atoms with Crippen molar-refractivity contribution in [1.29, 1.82) is 0 Å². The van der Waals surface area contributed by atoms with E-state index in [1.54, 1.807) is 12.3 Å². The summed E-state index contributed by atoms with van der Waals surface area (Å²) in [7, 11) is 0. The molecule has 2 aromatic carbocycles. The highest BCUT2D eigenvalue weighted by Gasteiger charge is 2.12. The van der Waals surface area contributed by atoms with Gasteiger partial charge in [-0.1, -0.05) is 28.1 Å². The molecule has 0 unspecified atom stereocenters. The first-order valence-electron chi connectivity index (χ1n) is 7.54. The number of hydrogen-bond acceptors (Lipinski definition) is 2. The van der Waals surface area contributed by atoms with Gasteiger partial charge in [0, 0.05) is 16.4 Å². The van der Waals surface area contributed by atoms with E-state index in [1.165, 1.54) is 34.9 Å². The van der Waals surface area contributed by atoms with E-state index < -0.39 is 11.7 Å². The Morgan fingerprint density at radius 2 is 1.72 bits per heavy atom. The van der Waals surface area contributed by atoms with Crippen LogP contribution in [-0.4, -0.2) is 10.5 Å². The minimum absolute atomic E-state index is 0.0314. The largest absolute Gasteiger partial charge is 0.322 e. The van der Waals surface area contributed by atoms with E-state index in [9.17, 15) is 14.0 Å². The molecular formula is C19H14BrFN2O2. The monoisotopic (exact) mass is 400 g/mol. The van der Waals surface area contributed by atoms with Gasteiger partial charge in [0.05, 0.1) is 6.54 Å². The molecule has 0 aliphatic rings. The smallest absolute Gasteiger partial charge is 0.263 e. The average Bonchev–Trinajstić information content (AvgIpc) is 2.60. The van der Waals surface area contributed by atoms with Crippen LogP contribution in [0.3, 0.4) is 0 Å². The summed E-state index contributed by atoms with van der Waals surface area (Å²) in [5, 5.41) is 2.60. The van der Waals surface area contributed by atoms with E-state index >= 15 is 0 Å². The Labute approximate surface area is 152 Å². The number of amides is 1. The molecular weight excluding hydrogens is 387 g/mol. The van der Waals surface area contributed by atoms with E-state index in [0.717, 1.165) is 10.0 Å². The number of halogens is 2. The van der Waals surface area contributed by atoms with Crippen molar-refractivity contribution in [3.8, 4) is 0 Å². The van der Waals surface area contributed by atoms with Crippen LogP contribution in [0.25, 0.3) is 0 Å². The SMILES string of the molecule is O=C(Nc1ccc(F)cc1)c1cccn(Cc2ccc(Br)cc2)c1=O. The van der Waals surface area contributed by atoms with E-state index in [4.69, 9.17) is 0 Å². The molecule has 1 heterocycles. The Kier molecular flexibility index (Phi) is 5.09. The van der Waals surface area contributed by atoms with Gasteiger partial charge in [0.2, 0.25) is 0 Å². The first kappa shape index (κ1) is 17.1. The van der Waals surface area contributed by atoms with Crippen molar-refractivity contribution >= 4 is 27.5 Å². The highest BCUT2D eigenvalue weighted by Crippen LogP contribution is 2.12. The molecule has 1 aromatic heterocycles. The number of carbonyl (C=O) groups is 1. The van der Waals surface area contributed by atoms with Gasteiger partial charge in [-0.2, -0.15) is 0 Å². The van der Waals surface area contributed by atoms with Gasteiger partial charge in [0.1, 0.15) is 11.4 Å². The molecule has 0 aliphatic carbocycles. The van der Waals surface area contributed by atoms with Gasteiger partial charge >= 0.3 is 0 Å². The van der Waals surface area contributed by atoms with Crippen LogP contribution in [0.5, 0.6) is 0 Å². The molecule has 0 fully saturated rings. The molecule has 1 N–H and O–H groups in total. The topological polar surface area (TPSA) is 51.1 Å². The molecule has 6 heteroatoms. The number of anilines is 1. The zero-order valence-electron chi connectivity index (χ0n) is 13.1. The third-order valence-electron chi connectivity index (χ3n) is 3.63. The van der Waals surface area contributed by atoms with Gasteiger partial charge in [-0.3, -0.25) is 9.59 Å².